The van der Waals surface area contributed by atoms with E-state index in [1.807, 2.05) is 105 Å². The fourth-order valence-electron chi connectivity index (χ4n) is 2.75. The highest BCUT2D eigenvalue weighted by Crippen LogP contribution is 2.17. The summed E-state index contributed by atoms with van der Waals surface area (Å²) in [4.78, 5) is 0. The smallest absolute Gasteiger partial charge is 0.303 e. The number of diazo groups is 1. The fourth-order valence-corrected chi connectivity index (χ4v) is 2.75. The predicted molar refractivity (Wildman–Crippen MR) is 149 cm³/mol. The van der Waals surface area contributed by atoms with Gasteiger partial charge in [0.05, 0.1) is 11.7 Å². The second-order valence-electron chi connectivity index (χ2n) is 7.18. The van der Waals surface area contributed by atoms with Crippen LogP contribution in [0.25, 0.3) is 5.08 Å². The van der Waals surface area contributed by atoms with Crippen LogP contribution >= 0.6 is 0 Å². The van der Waals surface area contributed by atoms with Gasteiger partial charge in [0, 0.05) is 0 Å². The second kappa shape index (κ2) is 20.7. The van der Waals surface area contributed by atoms with Crippen molar-refractivity contribution < 1.29 is 9.47 Å². The van der Waals surface area contributed by atoms with E-state index in [4.69, 9.17) is 21.3 Å². The van der Waals surface area contributed by atoms with Crippen molar-refractivity contribution in [2.45, 2.75) is 39.8 Å². The van der Waals surface area contributed by atoms with Crippen LogP contribution in [0.1, 0.15) is 32.8 Å². The molecule has 1 atom stereocenters. The highest BCUT2D eigenvalue weighted by molar-refractivity contribution is 5.22. The third-order valence-corrected chi connectivity index (χ3v) is 4.53. The molecule has 3 aromatic carbocycles. The number of azo groups is 1. The molecule has 0 amide bonds. The van der Waals surface area contributed by atoms with E-state index in [1.165, 1.54) is 0 Å². The van der Waals surface area contributed by atoms with E-state index in [1.54, 1.807) is 0 Å². The Balaban J connectivity index is 0.000000277. The van der Waals surface area contributed by atoms with Crippen molar-refractivity contribution in [3.63, 3.8) is 0 Å². The lowest BCUT2D eigenvalue weighted by molar-refractivity contribution is 0.350. The average molecular weight is 499 g/mol. The number of nitrogens with zero attached hydrogens (tertiary/aromatic N) is 4. The first kappa shape index (κ1) is 30.4. The molecule has 0 spiro atoms. The molecule has 1 aliphatic rings. The highest BCUT2D eigenvalue weighted by atomic mass is 16.5. The highest BCUT2D eigenvalue weighted by Gasteiger charge is 2.10. The number of hydrogen-bond donors (Lipinski definition) is 1. The van der Waals surface area contributed by atoms with Gasteiger partial charge in [0.1, 0.15) is 31.3 Å². The van der Waals surface area contributed by atoms with Crippen LogP contribution in [0.5, 0.6) is 11.5 Å². The summed E-state index contributed by atoms with van der Waals surface area (Å²) < 4.78 is 10.7. The van der Waals surface area contributed by atoms with Gasteiger partial charge in [-0.05, 0) is 47.8 Å². The number of nitrogens with one attached hydrogen (secondary N) is 1. The molecule has 7 heteroatoms. The van der Waals surface area contributed by atoms with Crippen molar-refractivity contribution in [3.8, 4) is 23.8 Å². The third kappa shape index (κ3) is 14.4. The lowest BCUT2D eigenvalue weighted by atomic mass is 10.2. The summed E-state index contributed by atoms with van der Waals surface area (Å²) in [7, 11) is 0. The van der Waals surface area contributed by atoms with Crippen LogP contribution in [0, 0.1) is 17.7 Å². The van der Waals surface area contributed by atoms with Crippen LogP contribution in [0.2, 0.25) is 0 Å². The number of rotatable bonds is 8. The minimum Gasteiger partial charge on any atom is -0.487 e. The summed E-state index contributed by atoms with van der Waals surface area (Å²) in [5, 5.41) is 19.0. The van der Waals surface area contributed by atoms with Crippen LogP contribution < -0.4 is 14.9 Å². The minimum atomic E-state index is 0.249. The predicted octanol–water partition coefficient (Wildman–Crippen LogP) is 7.46. The SMILES string of the molecule is C#CCOc1ccccc1.CC.CCC1C=C(COc2ccccc2)N=N1.N#[N+]NCc1ccccc1. The number of hydrogen-bond acceptors (Lipinski definition) is 6. The van der Waals surface area contributed by atoms with Gasteiger partial charge in [-0.3, -0.25) is 0 Å². The van der Waals surface area contributed by atoms with Crippen LogP contribution in [0.15, 0.2) is 113 Å². The zero-order chi connectivity index (χ0) is 27.0. The van der Waals surface area contributed by atoms with Gasteiger partial charge in [-0.1, -0.05) is 93.4 Å². The molecule has 0 radical (unpaired) electrons. The Hall–Kier alpha value is -4.62. The quantitative estimate of drug-likeness (QED) is 0.198. The summed E-state index contributed by atoms with van der Waals surface area (Å²) in [6.07, 6.45) is 8.06. The van der Waals surface area contributed by atoms with Crippen molar-refractivity contribution in [2.24, 2.45) is 10.2 Å². The molecule has 0 fully saturated rings. The van der Waals surface area contributed by atoms with E-state index in [2.05, 4.69) is 39.7 Å². The van der Waals surface area contributed by atoms with Crippen molar-refractivity contribution >= 4 is 0 Å². The van der Waals surface area contributed by atoms with Gasteiger partial charge in [0.15, 0.2) is 0 Å². The van der Waals surface area contributed by atoms with Crippen LogP contribution in [0.3, 0.4) is 0 Å². The van der Waals surface area contributed by atoms with Gasteiger partial charge in [0.25, 0.3) is 5.39 Å². The summed E-state index contributed by atoms with van der Waals surface area (Å²) in [6, 6.07) is 29.2. The number of benzene rings is 3. The molecule has 37 heavy (non-hydrogen) atoms. The summed E-state index contributed by atoms with van der Waals surface area (Å²) >= 11 is 0. The van der Waals surface area contributed by atoms with Crippen molar-refractivity contribution in [3.05, 3.63) is 113 Å². The first-order valence-electron chi connectivity index (χ1n) is 12.3. The van der Waals surface area contributed by atoms with E-state index in [0.717, 1.165) is 29.2 Å². The first-order chi connectivity index (χ1) is 18.2. The van der Waals surface area contributed by atoms with Crippen molar-refractivity contribution in [1.29, 1.82) is 5.39 Å². The molecule has 0 aliphatic carbocycles. The molecule has 0 aromatic heterocycles. The normalized spacial score (nSPS) is 12.4. The molecule has 0 bridgehead atoms. The molecule has 0 saturated carbocycles. The van der Waals surface area contributed by atoms with E-state index in [-0.39, 0.29) is 6.04 Å². The first-order valence-corrected chi connectivity index (χ1v) is 12.3. The maximum Gasteiger partial charge on any atom is 0.303 e. The zero-order valence-electron chi connectivity index (χ0n) is 21.8. The minimum absolute atomic E-state index is 0.249. The molecule has 3 aromatic rings. The zero-order valence-corrected chi connectivity index (χ0v) is 21.8. The van der Waals surface area contributed by atoms with Crippen molar-refractivity contribution in [2.75, 3.05) is 13.2 Å². The van der Waals surface area contributed by atoms with Crippen LogP contribution in [-0.2, 0) is 6.54 Å². The summed E-state index contributed by atoms with van der Waals surface area (Å²) in [5.74, 6) is 4.08. The standard InChI is InChI=1S/C12H14N2O.C9H8O.C7H8N3.C2H6/c1-2-10-8-11(14-13-10)9-15-12-6-4-3-5-7-12;1-2-8-10-9-6-4-3-5-7-9;8-10-9-6-7-4-2-1-3-5-7;1-2/h3-8,10H,2,9H2,1H3;1,3-7H,8H2;1-5,9H,6H2;1-2H3/q;;+1;. The fraction of sp³-hybridized carbons (Fsp3) is 0.267. The van der Waals surface area contributed by atoms with E-state index >= 15 is 0 Å². The van der Waals surface area contributed by atoms with E-state index in [0.29, 0.717) is 19.8 Å². The largest absolute Gasteiger partial charge is 0.487 e. The Labute approximate surface area is 220 Å². The van der Waals surface area contributed by atoms with Gasteiger partial charge >= 0.3 is 5.08 Å². The molecular weight excluding hydrogens is 462 g/mol. The Morgan fingerprint density at radius 3 is 1.92 bits per heavy atom. The van der Waals surface area contributed by atoms with Gasteiger partial charge < -0.3 is 9.47 Å². The van der Waals surface area contributed by atoms with Gasteiger partial charge in [-0.15, -0.1) is 6.42 Å². The molecular formula is C30H36N5O2+. The Bertz CT molecular complexity index is 1050. The van der Waals surface area contributed by atoms with Gasteiger partial charge in [0.2, 0.25) is 0 Å². The topological polar surface area (TPSA) is 83.4 Å². The average Bonchev–Trinajstić information content (AvgIpc) is 3.45. The lowest BCUT2D eigenvalue weighted by Gasteiger charge is -2.03. The van der Waals surface area contributed by atoms with Crippen molar-refractivity contribution in [1.82, 2.24) is 5.43 Å². The molecule has 7 nitrogen and oxygen atoms in total. The number of ether oxygens (including phenoxy) is 2. The van der Waals surface area contributed by atoms with Gasteiger partial charge in [-0.2, -0.15) is 10.2 Å². The Morgan fingerprint density at radius 1 is 0.892 bits per heavy atom. The summed E-state index contributed by atoms with van der Waals surface area (Å²) in [6.45, 7) is 7.51. The number of terminal acetylenes is 1. The molecule has 0 saturated heterocycles. The molecule has 4 rings (SSSR count). The molecule has 1 aliphatic heterocycles. The Morgan fingerprint density at radius 2 is 1.43 bits per heavy atom. The second-order valence-corrected chi connectivity index (χ2v) is 7.18. The molecule has 192 valence electrons. The maximum atomic E-state index is 8.04. The third-order valence-electron chi connectivity index (χ3n) is 4.53. The Kier molecular flexibility index (Phi) is 17.0. The number of para-hydroxylation sites is 2. The maximum absolute atomic E-state index is 8.04. The lowest BCUT2D eigenvalue weighted by Crippen LogP contribution is -2.00. The van der Waals surface area contributed by atoms with E-state index < -0.39 is 0 Å². The summed E-state index contributed by atoms with van der Waals surface area (Å²) in [5.41, 5.74) is 4.46. The molecule has 1 N–H and O–H groups in total. The van der Waals surface area contributed by atoms with Gasteiger partial charge in [-0.25, -0.2) is 0 Å². The molecule has 1 heterocycles. The van der Waals surface area contributed by atoms with Crippen LogP contribution in [0.4, 0.5) is 0 Å². The monoisotopic (exact) mass is 498 g/mol. The van der Waals surface area contributed by atoms with E-state index in [9.17, 15) is 0 Å². The molecule has 1 unspecified atom stereocenters. The van der Waals surface area contributed by atoms with Crippen LogP contribution in [-0.4, -0.2) is 19.3 Å².